The third kappa shape index (κ3) is 2.91. The lowest BCUT2D eigenvalue weighted by Gasteiger charge is -2.27. The number of aromatic nitrogens is 3. The fourth-order valence-electron chi connectivity index (χ4n) is 3.61. The van der Waals surface area contributed by atoms with Gasteiger partial charge in [0.2, 0.25) is 0 Å². The fraction of sp³-hybridized carbons (Fsp3) is 0.421. The number of hydrogen-bond acceptors (Lipinski definition) is 3. The molecule has 2 aromatic heterocycles. The summed E-state index contributed by atoms with van der Waals surface area (Å²) in [5, 5.41) is 5.67. The number of fused-ring (bicyclic) bond motifs is 3. The molecule has 1 N–H and O–H groups in total. The Kier molecular flexibility index (Phi) is 4.02. The first-order valence-electron chi connectivity index (χ1n) is 8.62. The Morgan fingerprint density at radius 1 is 1.29 bits per heavy atom. The molecule has 3 heterocycles. The van der Waals surface area contributed by atoms with Crippen molar-refractivity contribution in [3.8, 4) is 5.75 Å². The zero-order valence-electron chi connectivity index (χ0n) is 14.4. The summed E-state index contributed by atoms with van der Waals surface area (Å²) in [6, 6.07) is 6.30. The third-order valence-electron chi connectivity index (χ3n) is 4.89. The molecule has 0 aliphatic carbocycles. The van der Waals surface area contributed by atoms with E-state index in [1.807, 2.05) is 16.9 Å². The lowest BCUT2D eigenvalue weighted by molar-refractivity contribution is 0.245. The minimum absolute atomic E-state index is 0.926. The Labute approximate surface area is 142 Å². The standard InChI is InChI=1S/C19H24N4O/c1-14-11-20-23(12-14)8-3-7-22-9-6-19-17(13-22)16-10-15(24-2)4-5-18(16)21-19/h4-5,10-12,21H,3,6-9,13H2,1-2H3. The molecule has 1 aliphatic rings. The van der Waals surface area contributed by atoms with Crippen molar-refractivity contribution in [2.75, 3.05) is 20.2 Å². The van der Waals surface area contributed by atoms with Gasteiger partial charge < -0.3 is 9.72 Å². The van der Waals surface area contributed by atoms with E-state index in [4.69, 9.17) is 4.74 Å². The van der Waals surface area contributed by atoms with Crippen molar-refractivity contribution in [3.63, 3.8) is 0 Å². The second kappa shape index (κ2) is 6.32. The maximum absolute atomic E-state index is 5.39. The smallest absolute Gasteiger partial charge is 0.119 e. The zero-order chi connectivity index (χ0) is 16.5. The van der Waals surface area contributed by atoms with Crippen LogP contribution in [0.1, 0.15) is 23.2 Å². The van der Waals surface area contributed by atoms with Crippen LogP contribution in [-0.2, 0) is 19.5 Å². The molecule has 5 nitrogen and oxygen atoms in total. The molecule has 1 aliphatic heterocycles. The number of aryl methyl sites for hydroxylation is 2. The number of rotatable bonds is 5. The van der Waals surface area contributed by atoms with E-state index in [1.165, 1.54) is 27.7 Å². The molecule has 0 amide bonds. The van der Waals surface area contributed by atoms with Gasteiger partial charge in [0.05, 0.1) is 13.3 Å². The Hall–Kier alpha value is -2.27. The van der Waals surface area contributed by atoms with Crippen LogP contribution in [0.15, 0.2) is 30.6 Å². The fourth-order valence-corrected chi connectivity index (χ4v) is 3.61. The van der Waals surface area contributed by atoms with E-state index in [9.17, 15) is 0 Å². The van der Waals surface area contributed by atoms with Crippen LogP contribution in [0.25, 0.3) is 10.9 Å². The molecule has 0 bridgehead atoms. The van der Waals surface area contributed by atoms with Crippen LogP contribution in [-0.4, -0.2) is 39.9 Å². The maximum atomic E-state index is 5.39. The van der Waals surface area contributed by atoms with Crippen molar-refractivity contribution in [2.24, 2.45) is 0 Å². The summed E-state index contributed by atoms with van der Waals surface area (Å²) in [6.07, 6.45) is 6.25. The minimum Gasteiger partial charge on any atom is -0.497 e. The van der Waals surface area contributed by atoms with Gasteiger partial charge in [-0.3, -0.25) is 9.58 Å². The van der Waals surface area contributed by atoms with Crippen molar-refractivity contribution in [2.45, 2.75) is 32.9 Å². The number of nitrogens with zero attached hydrogens (tertiary/aromatic N) is 3. The van der Waals surface area contributed by atoms with Crippen molar-refractivity contribution < 1.29 is 4.74 Å². The van der Waals surface area contributed by atoms with Gasteiger partial charge in [-0.2, -0.15) is 5.10 Å². The zero-order valence-corrected chi connectivity index (χ0v) is 14.4. The molecule has 5 heteroatoms. The summed E-state index contributed by atoms with van der Waals surface area (Å²) in [7, 11) is 1.73. The molecule has 0 atom stereocenters. The van der Waals surface area contributed by atoms with Gasteiger partial charge in [0.15, 0.2) is 0 Å². The number of H-pyrrole nitrogens is 1. The van der Waals surface area contributed by atoms with Crippen molar-refractivity contribution in [3.05, 3.63) is 47.4 Å². The Morgan fingerprint density at radius 3 is 3.00 bits per heavy atom. The van der Waals surface area contributed by atoms with Gasteiger partial charge in [-0.25, -0.2) is 0 Å². The highest BCUT2D eigenvalue weighted by atomic mass is 16.5. The van der Waals surface area contributed by atoms with E-state index in [1.54, 1.807) is 7.11 Å². The highest BCUT2D eigenvalue weighted by molar-refractivity contribution is 5.86. The van der Waals surface area contributed by atoms with Crippen LogP contribution in [0.5, 0.6) is 5.75 Å². The summed E-state index contributed by atoms with van der Waals surface area (Å²) in [6.45, 7) is 6.31. The predicted octanol–water partition coefficient (Wildman–Crippen LogP) is 3.13. The summed E-state index contributed by atoms with van der Waals surface area (Å²) < 4.78 is 7.43. The second-order valence-corrected chi connectivity index (χ2v) is 6.65. The average Bonchev–Trinajstić information content (AvgIpc) is 3.17. The quantitative estimate of drug-likeness (QED) is 0.784. The van der Waals surface area contributed by atoms with Gasteiger partial charge in [0, 0.05) is 55.4 Å². The molecule has 0 fully saturated rings. The van der Waals surface area contributed by atoms with Crippen LogP contribution in [0.2, 0.25) is 0 Å². The lowest BCUT2D eigenvalue weighted by Crippen LogP contribution is -2.31. The summed E-state index contributed by atoms with van der Waals surface area (Å²) in [5.74, 6) is 0.926. The maximum Gasteiger partial charge on any atom is 0.119 e. The van der Waals surface area contributed by atoms with Gasteiger partial charge in [0.25, 0.3) is 0 Å². The highest BCUT2D eigenvalue weighted by Gasteiger charge is 2.20. The van der Waals surface area contributed by atoms with Crippen molar-refractivity contribution in [1.82, 2.24) is 19.7 Å². The Bertz CT molecular complexity index is 848. The van der Waals surface area contributed by atoms with Crippen LogP contribution in [0, 0.1) is 6.92 Å². The van der Waals surface area contributed by atoms with Gasteiger partial charge in [0.1, 0.15) is 5.75 Å². The van der Waals surface area contributed by atoms with Crippen molar-refractivity contribution >= 4 is 10.9 Å². The Morgan fingerprint density at radius 2 is 2.21 bits per heavy atom. The van der Waals surface area contributed by atoms with E-state index >= 15 is 0 Å². The van der Waals surface area contributed by atoms with Gasteiger partial charge >= 0.3 is 0 Å². The predicted molar refractivity (Wildman–Crippen MR) is 95.4 cm³/mol. The van der Waals surface area contributed by atoms with Crippen LogP contribution >= 0.6 is 0 Å². The van der Waals surface area contributed by atoms with Gasteiger partial charge in [-0.15, -0.1) is 0 Å². The second-order valence-electron chi connectivity index (χ2n) is 6.65. The normalized spacial score (nSPS) is 14.9. The van der Waals surface area contributed by atoms with E-state index in [0.717, 1.165) is 44.8 Å². The van der Waals surface area contributed by atoms with E-state index in [-0.39, 0.29) is 0 Å². The van der Waals surface area contributed by atoms with Crippen molar-refractivity contribution in [1.29, 1.82) is 0 Å². The van der Waals surface area contributed by atoms with E-state index in [0.29, 0.717) is 0 Å². The number of ether oxygens (including phenoxy) is 1. The molecule has 0 saturated carbocycles. The van der Waals surface area contributed by atoms with Crippen LogP contribution < -0.4 is 4.74 Å². The summed E-state index contributed by atoms with van der Waals surface area (Å²) in [5.41, 5.74) is 5.27. The molecular formula is C19H24N4O. The average molecular weight is 324 g/mol. The molecule has 4 rings (SSSR count). The largest absolute Gasteiger partial charge is 0.497 e. The molecule has 0 saturated heterocycles. The van der Waals surface area contributed by atoms with Crippen LogP contribution in [0.4, 0.5) is 0 Å². The summed E-state index contributed by atoms with van der Waals surface area (Å²) >= 11 is 0. The number of methoxy groups -OCH3 is 1. The molecule has 1 aromatic carbocycles. The Balaban J connectivity index is 1.44. The molecular weight excluding hydrogens is 300 g/mol. The minimum atomic E-state index is 0.926. The summed E-state index contributed by atoms with van der Waals surface area (Å²) in [4.78, 5) is 6.12. The number of aromatic amines is 1. The number of hydrogen-bond donors (Lipinski definition) is 1. The number of nitrogens with one attached hydrogen (secondary N) is 1. The molecule has 0 radical (unpaired) electrons. The molecule has 0 unspecified atom stereocenters. The molecule has 3 aromatic rings. The third-order valence-corrected chi connectivity index (χ3v) is 4.89. The number of benzene rings is 1. The first-order valence-corrected chi connectivity index (χ1v) is 8.62. The molecule has 0 spiro atoms. The lowest BCUT2D eigenvalue weighted by atomic mass is 10.0. The topological polar surface area (TPSA) is 46.1 Å². The van der Waals surface area contributed by atoms with Crippen LogP contribution in [0.3, 0.4) is 0 Å². The van der Waals surface area contributed by atoms with Gasteiger partial charge in [-0.05, 0) is 42.7 Å². The first kappa shape index (κ1) is 15.3. The SMILES string of the molecule is COc1ccc2[nH]c3c(c2c1)CN(CCCn1cc(C)cn1)CC3. The van der Waals surface area contributed by atoms with E-state index < -0.39 is 0 Å². The first-order chi connectivity index (χ1) is 11.7. The van der Waals surface area contributed by atoms with E-state index in [2.05, 4.69) is 40.2 Å². The van der Waals surface area contributed by atoms with Gasteiger partial charge in [-0.1, -0.05) is 0 Å². The molecule has 24 heavy (non-hydrogen) atoms. The molecule has 126 valence electrons. The monoisotopic (exact) mass is 324 g/mol. The highest BCUT2D eigenvalue weighted by Crippen LogP contribution is 2.30.